The van der Waals surface area contributed by atoms with Gasteiger partial charge >= 0.3 is 0 Å². The molecule has 0 amide bonds. The zero-order valence-electron chi connectivity index (χ0n) is 12.9. The number of methoxy groups -OCH3 is 1. The lowest BCUT2D eigenvalue weighted by Gasteiger charge is -2.36. The molecular formula is C18H28O2. The van der Waals surface area contributed by atoms with Crippen LogP contribution >= 0.6 is 0 Å². The molecule has 20 heavy (non-hydrogen) atoms. The van der Waals surface area contributed by atoms with Crippen LogP contribution < -0.4 is 0 Å². The van der Waals surface area contributed by atoms with E-state index < -0.39 is 6.10 Å². The van der Waals surface area contributed by atoms with Crippen molar-refractivity contribution in [2.24, 2.45) is 0 Å². The first-order chi connectivity index (χ1) is 9.72. The molecule has 2 rings (SSSR count). The Bertz CT molecular complexity index is 388. The third-order valence-electron chi connectivity index (χ3n) is 4.69. The summed E-state index contributed by atoms with van der Waals surface area (Å²) in [6, 6.07) is 8.42. The summed E-state index contributed by atoms with van der Waals surface area (Å²) >= 11 is 0. The SMILES string of the molecule is CCCc1ccc(C(O)C2(OC)CCCCCC2)cc1. The highest BCUT2D eigenvalue weighted by atomic mass is 16.5. The first-order valence-electron chi connectivity index (χ1n) is 8.04. The van der Waals surface area contributed by atoms with Gasteiger partial charge in [-0.15, -0.1) is 0 Å². The van der Waals surface area contributed by atoms with Crippen molar-refractivity contribution < 1.29 is 9.84 Å². The Kier molecular flexibility index (Phi) is 5.62. The molecule has 1 aromatic rings. The quantitative estimate of drug-likeness (QED) is 0.807. The van der Waals surface area contributed by atoms with Crippen LogP contribution in [0.15, 0.2) is 24.3 Å². The fourth-order valence-electron chi connectivity index (χ4n) is 3.38. The third-order valence-corrected chi connectivity index (χ3v) is 4.69. The van der Waals surface area contributed by atoms with Crippen LogP contribution in [0, 0.1) is 0 Å². The van der Waals surface area contributed by atoms with Gasteiger partial charge < -0.3 is 9.84 Å². The smallest absolute Gasteiger partial charge is 0.108 e. The molecule has 0 spiro atoms. The van der Waals surface area contributed by atoms with Gasteiger partial charge in [0.2, 0.25) is 0 Å². The van der Waals surface area contributed by atoms with Gasteiger partial charge in [-0.25, -0.2) is 0 Å². The monoisotopic (exact) mass is 276 g/mol. The molecule has 0 aliphatic heterocycles. The van der Waals surface area contributed by atoms with Gasteiger partial charge in [0.25, 0.3) is 0 Å². The Morgan fingerprint density at radius 1 is 1.10 bits per heavy atom. The highest BCUT2D eigenvalue weighted by Crippen LogP contribution is 2.40. The minimum Gasteiger partial charge on any atom is -0.385 e. The summed E-state index contributed by atoms with van der Waals surface area (Å²) in [5, 5.41) is 10.8. The van der Waals surface area contributed by atoms with Crippen LogP contribution in [-0.2, 0) is 11.2 Å². The van der Waals surface area contributed by atoms with Crippen molar-refractivity contribution in [2.75, 3.05) is 7.11 Å². The lowest BCUT2D eigenvalue weighted by molar-refractivity contribution is -0.114. The van der Waals surface area contributed by atoms with Gasteiger partial charge in [0, 0.05) is 7.11 Å². The van der Waals surface area contributed by atoms with Crippen LogP contribution in [0.1, 0.15) is 69.1 Å². The van der Waals surface area contributed by atoms with E-state index in [9.17, 15) is 5.11 Å². The maximum absolute atomic E-state index is 10.8. The largest absolute Gasteiger partial charge is 0.385 e. The van der Waals surface area contributed by atoms with Gasteiger partial charge in [0.15, 0.2) is 0 Å². The summed E-state index contributed by atoms with van der Waals surface area (Å²) in [6.45, 7) is 2.19. The fourth-order valence-corrected chi connectivity index (χ4v) is 3.38. The summed E-state index contributed by atoms with van der Waals surface area (Å²) < 4.78 is 5.80. The van der Waals surface area contributed by atoms with E-state index in [2.05, 4.69) is 31.2 Å². The summed E-state index contributed by atoms with van der Waals surface area (Å²) in [6.07, 6.45) is 8.48. The van der Waals surface area contributed by atoms with Crippen molar-refractivity contribution in [3.63, 3.8) is 0 Å². The molecule has 0 heterocycles. The Balaban J connectivity index is 2.16. The standard InChI is InChI=1S/C18H28O2/c1-3-8-15-9-11-16(12-10-15)17(19)18(20-2)13-6-4-5-7-14-18/h9-12,17,19H,3-8,13-14H2,1-2H3. The predicted molar refractivity (Wildman–Crippen MR) is 82.8 cm³/mol. The van der Waals surface area contributed by atoms with Gasteiger partial charge in [-0.2, -0.15) is 0 Å². The van der Waals surface area contributed by atoms with Crippen molar-refractivity contribution in [1.29, 1.82) is 0 Å². The molecule has 0 bridgehead atoms. The first kappa shape index (κ1) is 15.5. The maximum atomic E-state index is 10.8. The summed E-state index contributed by atoms with van der Waals surface area (Å²) in [5.41, 5.74) is 1.95. The van der Waals surface area contributed by atoms with Crippen LogP contribution in [-0.4, -0.2) is 17.8 Å². The highest BCUT2D eigenvalue weighted by Gasteiger charge is 2.39. The first-order valence-corrected chi connectivity index (χ1v) is 8.04. The van der Waals surface area contributed by atoms with E-state index in [1.165, 1.54) is 18.4 Å². The molecule has 112 valence electrons. The zero-order chi connectivity index (χ0) is 14.4. The van der Waals surface area contributed by atoms with Crippen LogP contribution in [0.2, 0.25) is 0 Å². The Morgan fingerprint density at radius 2 is 1.70 bits per heavy atom. The van der Waals surface area contributed by atoms with E-state index in [4.69, 9.17) is 4.74 Å². The van der Waals surface area contributed by atoms with E-state index in [1.54, 1.807) is 7.11 Å². The molecule has 1 fully saturated rings. The summed E-state index contributed by atoms with van der Waals surface area (Å²) in [4.78, 5) is 0. The Morgan fingerprint density at radius 3 is 2.20 bits per heavy atom. The number of aliphatic hydroxyl groups is 1. The van der Waals surface area contributed by atoms with E-state index >= 15 is 0 Å². The molecule has 1 aliphatic carbocycles. The molecule has 2 heteroatoms. The second-order valence-electron chi connectivity index (χ2n) is 6.08. The molecule has 0 radical (unpaired) electrons. The Labute approximate surface area is 123 Å². The second kappa shape index (κ2) is 7.24. The second-order valence-corrected chi connectivity index (χ2v) is 6.08. The van der Waals surface area contributed by atoms with Gasteiger partial charge in [0.1, 0.15) is 6.10 Å². The molecule has 1 atom stereocenters. The van der Waals surface area contributed by atoms with Crippen molar-refractivity contribution in [1.82, 2.24) is 0 Å². The molecule has 1 aliphatic rings. The topological polar surface area (TPSA) is 29.5 Å². The van der Waals surface area contributed by atoms with E-state index in [-0.39, 0.29) is 5.60 Å². The minimum atomic E-state index is -0.513. The third kappa shape index (κ3) is 3.42. The predicted octanol–water partition coefficient (Wildman–Crippen LogP) is 4.41. The number of hydrogen-bond donors (Lipinski definition) is 1. The normalized spacial score (nSPS) is 20.4. The van der Waals surface area contributed by atoms with E-state index in [0.717, 1.165) is 44.1 Å². The Hall–Kier alpha value is -0.860. The van der Waals surface area contributed by atoms with Gasteiger partial charge in [-0.1, -0.05) is 63.3 Å². The van der Waals surface area contributed by atoms with Gasteiger partial charge in [-0.05, 0) is 30.4 Å². The van der Waals surface area contributed by atoms with Crippen LogP contribution in [0.4, 0.5) is 0 Å². The van der Waals surface area contributed by atoms with Gasteiger partial charge in [-0.3, -0.25) is 0 Å². The van der Waals surface area contributed by atoms with Crippen molar-refractivity contribution in [2.45, 2.75) is 70.0 Å². The molecule has 1 N–H and O–H groups in total. The maximum Gasteiger partial charge on any atom is 0.108 e. The average Bonchev–Trinajstić information content (AvgIpc) is 2.74. The molecule has 1 unspecified atom stereocenters. The van der Waals surface area contributed by atoms with Crippen LogP contribution in [0.25, 0.3) is 0 Å². The average molecular weight is 276 g/mol. The van der Waals surface area contributed by atoms with Crippen LogP contribution in [0.3, 0.4) is 0 Å². The fraction of sp³-hybridized carbons (Fsp3) is 0.667. The number of aryl methyl sites for hydroxylation is 1. The minimum absolute atomic E-state index is 0.386. The number of benzene rings is 1. The van der Waals surface area contributed by atoms with Crippen molar-refractivity contribution in [3.8, 4) is 0 Å². The number of aliphatic hydroxyl groups excluding tert-OH is 1. The lowest BCUT2D eigenvalue weighted by atomic mass is 9.84. The highest BCUT2D eigenvalue weighted by molar-refractivity contribution is 5.26. The molecule has 0 aromatic heterocycles. The number of hydrogen-bond acceptors (Lipinski definition) is 2. The van der Waals surface area contributed by atoms with E-state index in [1.807, 2.05) is 0 Å². The summed E-state index contributed by atoms with van der Waals surface area (Å²) in [7, 11) is 1.75. The van der Waals surface area contributed by atoms with Crippen LogP contribution in [0.5, 0.6) is 0 Å². The molecule has 1 saturated carbocycles. The molecule has 2 nitrogen and oxygen atoms in total. The lowest BCUT2D eigenvalue weighted by Crippen LogP contribution is -2.38. The zero-order valence-corrected chi connectivity index (χ0v) is 12.9. The van der Waals surface area contributed by atoms with Gasteiger partial charge in [0.05, 0.1) is 5.60 Å². The number of rotatable bonds is 5. The molecular weight excluding hydrogens is 248 g/mol. The molecule has 0 saturated heterocycles. The molecule has 1 aromatic carbocycles. The van der Waals surface area contributed by atoms with Crippen molar-refractivity contribution >= 4 is 0 Å². The van der Waals surface area contributed by atoms with E-state index in [0.29, 0.717) is 0 Å². The van der Waals surface area contributed by atoms with Crippen molar-refractivity contribution in [3.05, 3.63) is 35.4 Å². The number of ether oxygens (including phenoxy) is 1. The summed E-state index contributed by atoms with van der Waals surface area (Å²) in [5.74, 6) is 0.